The van der Waals surface area contributed by atoms with E-state index in [1.807, 2.05) is 28.8 Å². The van der Waals surface area contributed by atoms with Gasteiger partial charge in [0.05, 0.1) is 5.69 Å². The van der Waals surface area contributed by atoms with Crippen molar-refractivity contribution in [2.45, 2.75) is 26.2 Å². The normalized spacial score (nSPS) is 16.7. The lowest BCUT2D eigenvalue weighted by Gasteiger charge is -2.30. The fraction of sp³-hybridized carbons (Fsp3) is 0.474. The van der Waals surface area contributed by atoms with Gasteiger partial charge in [0, 0.05) is 18.8 Å². The lowest BCUT2D eigenvalue weighted by atomic mass is 9.99. The summed E-state index contributed by atoms with van der Waals surface area (Å²) in [6.45, 7) is 6.43. The largest absolute Gasteiger partial charge is 0.353 e. The Morgan fingerprint density at radius 2 is 2.20 bits per heavy atom. The van der Waals surface area contributed by atoms with Gasteiger partial charge in [0.25, 0.3) is 0 Å². The molecule has 0 aromatic carbocycles. The predicted molar refractivity (Wildman–Crippen MR) is 102 cm³/mol. The van der Waals surface area contributed by atoms with Crippen LogP contribution in [0.4, 0.5) is 0 Å². The average molecular weight is 361 g/mol. The molecule has 6 heteroatoms. The fourth-order valence-electron chi connectivity index (χ4n) is 3.15. The Morgan fingerprint density at radius 3 is 3.00 bits per heavy atom. The molecule has 1 saturated heterocycles. The van der Waals surface area contributed by atoms with Crippen molar-refractivity contribution in [2.24, 2.45) is 5.92 Å². The zero-order chi connectivity index (χ0) is 17.6. The van der Waals surface area contributed by atoms with Gasteiger partial charge in [0.15, 0.2) is 5.15 Å². The number of rotatable bonds is 6. The molecule has 2 aromatic heterocycles. The molecule has 0 spiro atoms. The Labute approximate surface area is 153 Å². The van der Waals surface area contributed by atoms with E-state index in [1.54, 1.807) is 6.08 Å². The van der Waals surface area contributed by atoms with Gasteiger partial charge in [-0.15, -0.1) is 0 Å². The second kappa shape index (κ2) is 8.50. The zero-order valence-electron chi connectivity index (χ0n) is 14.6. The molecule has 0 atom stereocenters. The molecule has 3 heterocycles. The van der Waals surface area contributed by atoms with Crippen molar-refractivity contribution in [1.29, 1.82) is 0 Å². The van der Waals surface area contributed by atoms with E-state index in [4.69, 9.17) is 11.6 Å². The number of halogens is 1. The van der Waals surface area contributed by atoms with Gasteiger partial charge in [-0.1, -0.05) is 24.6 Å². The maximum absolute atomic E-state index is 12.0. The van der Waals surface area contributed by atoms with Gasteiger partial charge in [-0.25, -0.2) is 4.98 Å². The monoisotopic (exact) mass is 360 g/mol. The maximum Gasteiger partial charge on any atom is 0.244 e. The number of nitrogens with one attached hydrogen (secondary N) is 1. The van der Waals surface area contributed by atoms with Crippen molar-refractivity contribution in [3.8, 4) is 0 Å². The number of likely N-dealkylation sites (tertiary alicyclic amines) is 1. The molecular formula is C19H25ClN4O. The summed E-state index contributed by atoms with van der Waals surface area (Å²) in [5.41, 5.74) is 1.48. The molecule has 1 fully saturated rings. The molecular weight excluding hydrogens is 336 g/mol. The number of carbonyl (C=O) groups excluding carboxylic acids is 1. The summed E-state index contributed by atoms with van der Waals surface area (Å²) < 4.78 is 1.86. The molecule has 3 rings (SSSR count). The molecule has 0 unspecified atom stereocenters. The number of imidazole rings is 1. The van der Waals surface area contributed by atoms with Gasteiger partial charge >= 0.3 is 0 Å². The van der Waals surface area contributed by atoms with Crippen LogP contribution in [0.25, 0.3) is 11.7 Å². The molecule has 0 saturated carbocycles. The van der Waals surface area contributed by atoms with Crippen molar-refractivity contribution in [3.63, 3.8) is 0 Å². The van der Waals surface area contributed by atoms with Gasteiger partial charge in [-0.05, 0) is 63.0 Å². The molecule has 5 nitrogen and oxygen atoms in total. The Hall–Kier alpha value is -1.85. The molecule has 25 heavy (non-hydrogen) atoms. The van der Waals surface area contributed by atoms with E-state index in [1.165, 1.54) is 32.0 Å². The number of hydrogen-bond donors (Lipinski definition) is 1. The first-order valence-electron chi connectivity index (χ1n) is 8.94. The Kier molecular flexibility index (Phi) is 6.10. The second-order valence-electron chi connectivity index (χ2n) is 6.72. The van der Waals surface area contributed by atoms with E-state index in [2.05, 4.69) is 22.1 Å². The molecule has 0 aliphatic carbocycles. The smallest absolute Gasteiger partial charge is 0.244 e. The highest BCUT2D eigenvalue weighted by molar-refractivity contribution is 6.31. The van der Waals surface area contributed by atoms with Gasteiger partial charge in [0.2, 0.25) is 5.91 Å². The quantitative estimate of drug-likeness (QED) is 0.635. The van der Waals surface area contributed by atoms with Crippen LogP contribution in [0.15, 0.2) is 30.5 Å². The standard InChI is InChI=1S/C19H25ClN4O/c1-15-8-13-23(14-9-15)11-4-10-21-18(25)7-6-16-19(20)22-17-5-2-3-12-24(16)17/h2-3,5-7,12,15H,4,8-11,13-14H2,1H3,(H,21,25)/b7-6+. The minimum absolute atomic E-state index is 0.103. The third-order valence-corrected chi connectivity index (χ3v) is 5.02. The average Bonchev–Trinajstić information content (AvgIpc) is 2.93. The highest BCUT2D eigenvalue weighted by Crippen LogP contribution is 2.18. The summed E-state index contributed by atoms with van der Waals surface area (Å²) in [6, 6.07) is 5.69. The molecule has 134 valence electrons. The first-order chi connectivity index (χ1) is 12.1. The van der Waals surface area contributed by atoms with Crippen LogP contribution >= 0.6 is 11.6 Å². The molecule has 1 aliphatic heterocycles. The number of fused-ring (bicyclic) bond motifs is 1. The number of carbonyl (C=O) groups is 1. The zero-order valence-corrected chi connectivity index (χ0v) is 15.4. The Balaban J connectivity index is 1.44. The van der Waals surface area contributed by atoms with E-state index in [0.717, 1.165) is 30.2 Å². The van der Waals surface area contributed by atoms with Crippen LogP contribution in [-0.2, 0) is 4.79 Å². The lowest BCUT2D eigenvalue weighted by molar-refractivity contribution is -0.116. The summed E-state index contributed by atoms with van der Waals surface area (Å²) >= 11 is 6.15. The van der Waals surface area contributed by atoms with Gasteiger partial charge in [0.1, 0.15) is 5.65 Å². The second-order valence-corrected chi connectivity index (χ2v) is 7.08. The van der Waals surface area contributed by atoms with Crippen LogP contribution in [0, 0.1) is 5.92 Å². The van der Waals surface area contributed by atoms with Crippen molar-refractivity contribution in [1.82, 2.24) is 19.6 Å². The number of amides is 1. The van der Waals surface area contributed by atoms with Crippen molar-refractivity contribution >= 4 is 29.2 Å². The van der Waals surface area contributed by atoms with E-state index in [-0.39, 0.29) is 5.91 Å². The minimum Gasteiger partial charge on any atom is -0.353 e. The van der Waals surface area contributed by atoms with Crippen LogP contribution in [0.5, 0.6) is 0 Å². The van der Waals surface area contributed by atoms with Crippen molar-refractivity contribution in [3.05, 3.63) is 41.3 Å². The number of pyridine rings is 1. The van der Waals surface area contributed by atoms with Crippen LogP contribution < -0.4 is 5.32 Å². The SMILES string of the molecule is CC1CCN(CCCNC(=O)/C=C/c2c(Cl)nc3ccccn23)CC1. The summed E-state index contributed by atoms with van der Waals surface area (Å²) in [5.74, 6) is 0.752. The van der Waals surface area contributed by atoms with Crippen LogP contribution in [0.3, 0.4) is 0 Å². The Bertz CT molecular complexity index is 747. The molecule has 0 bridgehead atoms. The van der Waals surface area contributed by atoms with Gasteiger partial charge < -0.3 is 10.2 Å². The Morgan fingerprint density at radius 1 is 1.40 bits per heavy atom. The summed E-state index contributed by atoms with van der Waals surface area (Å²) in [5, 5.41) is 3.33. The number of hydrogen-bond acceptors (Lipinski definition) is 3. The molecule has 1 amide bonds. The highest BCUT2D eigenvalue weighted by Gasteiger charge is 2.14. The number of piperidine rings is 1. The maximum atomic E-state index is 12.0. The third kappa shape index (κ3) is 4.83. The number of nitrogens with zero attached hydrogens (tertiary/aromatic N) is 3. The summed E-state index contributed by atoms with van der Waals surface area (Å²) in [6.07, 6.45) is 8.66. The first-order valence-corrected chi connectivity index (χ1v) is 9.32. The molecule has 1 N–H and O–H groups in total. The van der Waals surface area contributed by atoms with E-state index in [9.17, 15) is 4.79 Å². The topological polar surface area (TPSA) is 49.6 Å². The van der Waals surface area contributed by atoms with Gasteiger partial charge in [-0.2, -0.15) is 0 Å². The first kappa shape index (κ1) is 18.0. The third-order valence-electron chi connectivity index (χ3n) is 4.74. The van der Waals surface area contributed by atoms with E-state index in [0.29, 0.717) is 11.7 Å². The fourth-order valence-corrected chi connectivity index (χ4v) is 3.39. The van der Waals surface area contributed by atoms with Crippen LogP contribution in [-0.4, -0.2) is 46.4 Å². The van der Waals surface area contributed by atoms with E-state index >= 15 is 0 Å². The van der Waals surface area contributed by atoms with Crippen molar-refractivity contribution in [2.75, 3.05) is 26.2 Å². The number of aromatic nitrogens is 2. The predicted octanol–water partition coefficient (Wildman–Crippen LogP) is 3.24. The van der Waals surface area contributed by atoms with Crippen LogP contribution in [0.2, 0.25) is 5.15 Å². The summed E-state index contributed by atoms with van der Waals surface area (Å²) in [4.78, 5) is 18.7. The van der Waals surface area contributed by atoms with E-state index < -0.39 is 0 Å². The minimum atomic E-state index is -0.103. The lowest BCUT2D eigenvalue weighted by Crippen LogP contribution is -2.35. The van der Waals surface area contributed by atoms with Crippen molar-refractivity contribution < 1.29 is 4.79 Å². The molecule has 1 aliphatic rings. The van der Waals surface area contributed by atoms with Gasteiger partial charge in [-0.3, -0.25) is 9.20 Å². The molecule has 2 aromatic rings. The molecule has 0 radical (unpaired) electrons. The highest BCUT2D eigenvalue weighted by atomic mass is 35.5. The summed E-state index contributed by atoms with van der Waals surface area (Å²) in [7, 11) is 0. The van der Waals surface area contributed by atoms with Crippen LogP contribution in [0.1, 0.15) is 31.9 Å².